The van der Waals surface area contributed by atoms with Gasteiger partial charge in [-0.1, -0.05) is 24.3 Å². The van der Waals surface area contributed by atoms with Crippen molar-refractivity contribution in [1.82, 2.24) is 9.88 Å². The molecule has 1 aromatic heterocycles. The van der Waals surface area contributed by atoms with Gasteiger partial charge in [-0.15, -0.1) is 0 Å². The number of hydrogen-bond acceptors (Lipinski definition) is 5. The van der Waals surface area contributed by atoms with Crippen LogP contribution in [0.3, 0.4) is 0 Å². The fraction of sp³-hybridized carbons (Fsp3) is 0.250. The van der Waals surface area contributed by atoms with Crippen LogP contribution in [0.1, 0.15) is 32.7 Å². The first kappa shape index (κ1) is 24.2. The van der Waals surface area contributed by atoms with Gasteiger partial charge in [-0.3, -0.25) is 0 Å². The van der Waals surface area contributed by atoms with Crippen molar-refractivity contribution in [2.75, 3.05) is 21.3 Å². The van der Waals surface area contributed by atoms with Crippen LogP contribution in [0.2, 0.25) is 0 Å². The molecule has 0 bridgehead atoms. The summed E-state index contributed by atoms with van der Waals surface area (Å²) in [5.41, 5.74) is 4.91. The van der Waals surface area contributed by atoms with E-state index in [9.17, 15) is 9.90 Å². The Morgan fingerprint density at radius 1 is 0.886 bits per heavy atom. The van der Waals surface area contributed by atoms with E-state index in [1.807, 2.05) is 72.2 Å². The van der Waals surface area contributed by atoms with Crippen LogP contribution >= 0.6 is 0 Å². The average molecular weight is 475 g/mol. The number of aromatic nitrogens is 1. The number of nitrogens with zero attached hydrogens (tertiary/aromatic N) is 1. The highest BCUT2D eigenvalue weighted by molar-refractivity contribution is 5.98. The molecule has 0 fully saturated rings. The zero-order valence-electron chi connectivity index (χ0n) is 20.4. The number of carboxylic acid groups (broad SMARTS) is 1. The number of methoxy groups -OCH3 is 3. The summed E-state index contributed by atoms with van der Waals surface area (Å²) in [6, 6.07) is 19.3. The van der Waals surface area contributed by atoms with Gasteiger partial charge in [-0.2, -0.15) is 0 Å². The highest BCUT2D eigenvalue weighted by atomic mass is 16.5. The first-order valence-electron chi connectivity index (χ1n) is 11.3. The number of benzene rings is 3. The predicted molar refractivity (Wildman–Crippen MR) is 136 cm³/mol. The lowest BCUT2D eigenvalue weighted by molar-refractivity contribution is 0.0684. The van der Waals surface area contributed by atoms with Crippen LogP contribution in [0.15, 0.2) is 60.7 Å². The Morgan fingerprint density at radius 2 is 1.60 bits per heavy atom. The van der Waals surface area contributed by atoms with E-state index in [0.29, 0.717) is 25.4 Å². The molecule has 0 aliphatic heterocycles. The molecule has 3 aromatic carbocycles. The largest absolute Gasteiger partial charge is 0.497 e. The molecular formula is C28H30N2O5. The van der Waals surface area contributed by atoms with Gasteiger partial charge in [0.15, 0.2) is 0 Å². The van der Waals surface area contributed by atoms with Gasteiger partial charge < -0.3 is 29.2 Å². The van der Waals surface area contributed by atoms with Crippen molar-refractivity contribution in [1.29, 1.82) is 0 Å². The Hall–Kier alpha value is -3.97. The fourth-order valence-electron chi connectivity index (χ4n) is 4.42. The second-order valence-corrected chi connectivity index (χ2v) is 8.31. The molecule has 1 heterocycles. The molecule has 7 heteroatoms. The normalized spacial score (nSPS) is 11.0. The van der Waals surface area contributed by atoms with Gasteiger partial charge in [0.05, 0.1) is 26.8 Å². The number of carboxylic acids is 1. The molecule has 0 spiro atoms. The van der Waals surface area contributed by atoms with Crippen molar-refractivity contribution >= 4 is 16.9 Å². The summed E-state index contributed by atoms with van der Waals surface area (Å²) in [4.78, 5) is 12.5. The molecule has 2 N–H and O–H groups in total. The second kappa shape index (κ2) is 10.5. The molecule has 0 amide bonds. The van der Waals surface area contributed by atoms with Crippen LogP contribution in [-0.2, 0) is 19.6 Å². The van der Waals surface area contributed by atoms with Crippen molar-refractivity contribution in [3.8, 4) is 17.2 Å². The van der Waals surface area contributed by atoms with E-state index in [-0.39, 0.29) is 5.69 Å². The topological polar surface area (TPSA) is 82.0 Å². The zero-order valence-corrected chi connectivity index (χ0v) is 20.4. The number of aromatic carboxylic acids is 1. The van der Waals surface area contributed by atoms with E-state index >= 15 is 0 Å². The van der Waals surface area contributed by atoms with Crippen molar-refractivity contribution in [2.24, 2.45) is 0 Å². The molecule has 0 atom stereocenters. The second-order valence-electron chi connectivity index (χ2n) is 8.31. The summed E-state index contributed by atoms with van der Waals surface area (Å²) in [7, 11) is 4.86. The predicted octanol–water partition coefficient (Wildman–Crippen LogP) is 5.01. The molecular weight excluding hydrogens is 444 g/mol. The van der Waals surface area contributed by atoms with Crippen molar-refractivity contribution in [2.45, 2.75) is 26.6 Å². The molecule has 4 aromatic rings. The number of carbonyl (C=O) groups is 1. The zero-order chi connectivity index (χ0) is 24.9. The molecule has 35 heavy (non-hydrogen) atoms. The average Bonchev–Trinajstić information content (AvgIpc) is 3.17. The maximum atomic E-state index is 12.5. The lowest BCUT2D eigenvalue weighted by Gasteiger charge is -2.13. The standard InChI is InChI=1S/C28H30N2O5/c1-18-7-5-6-8-19(18)17-30-25-14-22(34-3)9-11-23(25)24(27(30)28(31)32)16-29-15-20-13-21(33-2)10-12-26(20)35-4/h5-14,29H,15-17H2,1-4H3,(H,31,32). The molecule has 7 nitrogen and oxygen atoms in total. The number of aryl methyl sites for hydroxylation is 1. The van der Waals surface area contributed by atoms with E-state index in [1.54, 1.807) is 21.3 Å². The third kappa shape index (κ3) is 4.95. The minimum Gasteiger partial charge on any atom is -0.497 e. The molecule has 182 valence electrons. The molecule has 4 rings (SSSR count). The van der Waals surface area contributed by atoms with Crippen LogP contribution in [0.25, 0.3) is 10.9 Å². The monoisotopic (exact) mass is 474 g/mol. The summed E-state index contributed by atoms with van der Waals surface area (Å²) < 4.78 is 18.1. The number of rotatable bonds is 10. The van der Waals surface area contributed by atoms with E-state index in [0.717, 1.165) is 44.7 Å². The molecule has 0 saturated heterocycles. The summed E-state index contributed by atoms with van der Waals surface area (Å²) in [6.45, 7) is 3.33. The smallest absolute Gasteiger partial charge is 0.352 e. The summed E-state index contributed by atoms with van der Waals surface area (Å²) in [6.07, 6.45) is 0. The van der Waals surface area contributed by atoms with Crippen LogP contribution in [0.5, 0.6) is 17.2 Å². The van der Waals surface area contributed by atoms with E-state index < -0.39 is 5.97 Å². The molecule has 0 radical (unpaired) electrons. The molecule has 0 aliphatic carbocycles. The minimum atomic E-state index is -0.968. The van der Waals surface area contributed by atoms with E-state index in [4.69, 9.17) is 14.2 Å². The minimum absolute atomic E-state index is 0.265. The summed E-state index contributed by atoms with van der Waals surface area (Å²) >= 11 is 0. The van der Waals surface area contributed by atoms with Crippen LogP contribution < -0.4 is 19.5 Å². The van der Waals surface area contributed by atoms with Crippen molar-refractivity contribution in [3.05, 3.63) is 88.6 Å². The van der Waals surface area contributed by atoms with Gasteiger partial charge in [-0.25, -0.2) is 4.79 Å². The van der Waals surface area contributed by atoms with Crippen molar-refractivity contribution in [3.63, 3.8) is 0 Å². The third-order valence-corrected chi connectivity index (χ3v) is 6.27. The van der Waals surface area contributed by atoms with E-state index in [2.05, 4.69) is 5.32 Å². The first-order chi connectivity index (χ1) is 17.0. The highest BCUT2D eigenvalue weighted by Crippen LogP contribution is 2.31. The Bertz CT molecular complexity index is 1360. The molecule has 0 unspecified atom stereocenters. The molecule has 0 aliphatic rings. The Kier molecular flexibility index (Phi) is 7.27. The first-order valence-corrected chi connectivity index (χ1v) is 11.3. The van der Waals surface area contributed by atoms with Gasteiger partial charge >= 0.3 is 5.97 Å². The highest BCUT2D eigenvalue weighted by Gasteiger charge is 2.23. The number of hydrogen-bond donors (Lipinski definition) is 2. The van der Waals surface area contributed by atoms with Gasteiger partial charge in [0.1, 0.15) is 22.9 Å². The maximum Gasteiger partial charge on any atom is 0.352 e. The Morgan fingerprint density at radius 3 is 2.29 bits per heavy atom. The quantitative estimate of drug-likeness (QED) is 0.336. The fourth-order valence-corrected chi connectivity index (χ4v) is 4.42. The van der Waals surface area contributed by atoms with Crippen molar-refractivity contribution < 1.29 is 24.1 Å². The van der Waals surface area contributed by atoms with Gasteiger partial charge in [0, 0.05) is 42.2 Å². The SMILES string of the molecule is COc1ccc(OC)c(CNCc2c(C(=O)O)n(Cc3ccccc3C)c3cc(OC)ccc23)c1. The summed E-state index contributed by atoms with van der Waals surface area (Å²) in [5, 5.41) is 14.6. The van der Waals surface area contributed by atoms with Crippen LogP contribution in [-0.4, -0.2) is 37.0 Å². The van der Waals surface area contributed by atoms with Gasteiger partial charge in [0.2, 0.25) is 0 Å². The Labute approximate surface area is 204 Å². The van der Waals surface area contributed by atoms with E-state index in [1.165, 1.54) is 0 Å². The van der Waals surface area contributed by atoms with Gasteiger partial charge in [0.25, 0.3) is 0 Å². The lowest BCUT2D eigenvalue weighted by atomic mass is 10.1. The van der Waals surface area contributed by atoms with Crippen LogP contribution in [0.4, 0.5) is 0 Å². The number of nitrogens with one attached hydrogen (secondary N) is 1. The summed E-state index contributed by atoms with van der Waals surface area (Å²) in [5.74, 6) is 1.18. The van der Waals surface area contributed by atoms with Gasteiger partial charge in [-0.05, 0) is 48.4 Å². The Balaban J connectivity index is 1.74. The van der Waals surface area contributed by atoms with Crippen LogP contribution in [0, 0.1) is 6.92 Å². The third-order valence-electron chi connectivity index (χ3n) is 6.27. The maximum absolute atomic E-state index is 12.5. The number of fused-ring (bicyclic) bond motifs is 1. The lowest BCUT2D eigenvalue weighted by Crippen LogP contribution is -2.17. The molecule has 0 saturated carbocycles. The number of ether oxygens (including phenoxy) is 3.